The van der Waals surface area contributed by atoms with Crippen LogP contribution in [-0.4, -0.2) is 87.0 Å². The zero-order valence-corrected chi connectivity index (χ0v) is 18.9. The van der Waals surface area contributed by atoms with Crippen LogP contribution in [0, 0.1) is 0 Å². The van der Waals surface area contributed by atoms with E-state index in [1.54, 1.807) is 0 Å². The molecule has 0 aliphatic rings. The molecule has 1 heterocycles. The summed E-state index contributed by atoms with van der Waals surface area (Å²) in [5.41, 5.74) is 17.0. The number of aromatic nitrogens is 2. The Morgan fingerprint density at radius 2 is 1.66 bits per heavy atom. The molecule has 0 aliphatic carbocycles. The molecule has 35 heavy (non-hydrogen) atoms. The van der Waals surface area contributed by atoms with Crippen LogP contribution in [0.4, 0.5) is 0 Å². The first-order valence-corrected chi connectivity index (χ1v) is 10.6. The van der Waals surface area contributed by atoms with Crippen molar-refractivity contribution < 1.29 is 34.2 Å². The zero-order valence-electron chi connectivity index (χ0n) is 18.9. The molecule has 0 saturated carbocycles. The van der Waals surface area contributed by atoms with Gasteiger partial charge in [-0.15, -0.1) is 0 Å². The van der Waals surface area contributed by atoms with Gasteiger partial charge in [-0.2, -0.15) is 0 Å². The number of hydrogen-bond donors (Lipinski definition) is 9. The molecular formula is C19H31N9O7. The Bertz CT molecular complexity index is 900. The van der Waals surface area contributed by atoms with Gasteiger partial charge in [-0.25, -0.2) is 4.98 Å². The first-order chi connectivity index (χ1) is 16.5. The summed E-state index contributed by atoms with van der Waals surface area (Å²) in [6.07, 6.45) is 2.54. The lowest BCUT2D eigenvalue weighted by molar-refractivity contribution is -0.138. The number of carbonyl (C=O) groups excluding carboxylic acids is 3. The molecule has 3 unspecified atom stereocenters. The maximum atomic E-state index is 12.9. The Hall–Kier alpha value is -4.21. The summed E-state index contributed by atoms with van der Waals surface area (Å²) < 4.78 is 0. The number of carbonyl (C=O) groups is 5. The van der Waals surface area contributed by atoms with E-state index in [1.807, 2.05) is 0 Å². The first-order valence-electron chi connectivity index (χ1n) is 10.6. The average Bonchev–Trinajstić information content (AvgIpc) is 3.29. The highest BCUT2D eigenvalue weighted by molar-refractivity contribution is 5.93. The number of nitrogens with zero attached hydrogens (tertiary/aromatic N) is 2. The van der Waals surface area contributed by atoms with Crippen molar-refractivity contribution in [3.05, 3.63) is 18.2 Å². The van der Waals surface area contributed by atoms with E-state index in [9.17, 15) is 24.0 Å². The Morgan fingerprint density at radius 1 is 1.00 bits per heavy atom. The summed E-state index contributed by atoms with van der Waals surface area (Å²) in [6, 6.07) is -3.58. The molecule has 16 heteroatoms. The van der Waals surface area contributed by atoms with Crippen LogP contribution >= 0.6 is 0 Å². The number of aromatic amines is 1. The minimum atomic E-state index is -1.32. The predicted octanol–water partition coefficient (Wildman–Crippen LogP) is -3.63. The van der Waals surface area contributed by atoms with Gasteiger partial charge in [-0.05, 0) is 19.3 Å². The first kappa shape index (κ1) is 28.8. The molecule has 0 aromatic carbocycles. The van der Waals surface area contributed by atoms with Crippen LogP contribution in [0.5, 0.6) is 0 Å². The molecule has 0 radical (unpaired) electrons. The molecule has 1 aromatic heterocycles. The van der Waals surface area contributed by atoms with Gasteiger partial charge in [0.15, 0.2) is 5.96 Å². The number of guanidine groups is 1. The van der Waals surface area contributed by atoms with E-state index in [2.05, 4.69) is 30.9 Å². The van der Waals surface area contributed by atoms with E-state index >= 15 is 0 Å². The molecule has 1 rings (SSSR count). The fraction of sp³-hybridized carbons (Fsp3) is 0.526. The second kappa shape index (κ2) is 14.8. The summed E-state index contributed by atoms with van der Waals surface area (Å²) in [5.74, 6) is -5.00. The fourth-order valence-corrected chi connectivity index (χ4v) is 2.87. The van der Waals surface area contributed by atoms with Crippen LogP contribution in [0.2, 0.25) is 0 Å². The highest BCUT2D eigenvalue weighted by atomic mass is 16.4. The lowest BCUT2D eigenvalue weighted by atomic mass is 10.1. The number of H-pyrrole nitrogens is 1. The van der Waals surface area contributed by atoms with Crippen LogP contribution < -0.4 is 33.2 Å². The number of rotatable bonds is 16. The number of nitrogens with two attached hydrogens (primary N) is 3. The average molecular weight is 498 g/mol. The van der Waals surface area contributed by atoms with Crippen molar-refractivity contribution in [1.82, 2.24) is 25.9 Å². The lowest BCUT2D eigenvalue weighted by Gasteiger charge is -2.23. The molecule has 3 amide bonds. The molecule has 0 spiro atoms. The minimum absolute atomic E-state index is 0.0346. The summed E-state index contributed by atoms with van der Waals surface area (Å²) in [4.78, 5) is 70.0. The van der Waals surface area contributed by atoms with Gasteiger partial charge in [0, 0.05) is 31.3 Å². The van der Waals surface area contributed by atoms with E-state index in [-0.39, 0.29) is 38.2 Å². The van der Waals surface area contributed by atoms with Crippen molar-refractivity contribution >= 4 is 35.6 Å². The molecule has 3 atom stereocenters. The monoisotopic (exact) mass is 497 g/mol. The summed E-state index contributed by atoms with van der Waals surface area (Å²) in [7, 11) is 0. The fourth-order valence-electron chi connectivity index (χ4n) is 2.87. The maximum Gasteiger partial charge on any atom is 0.322 e. The Kier molecular flexibility index (Phi) is 12.2. The Labute approximate surface area is 200 Å². The van der Waals surface area contributed by atoms with E-state index in [1.165, 1.54) is 12.5 Å². The van der Waals surface area contributed by atoms with Crippen molar-refractivity contribution in [1.29, 1.82) is 0 Å². The zero-order chi connectivity index (χ0) is 26.4. The normalized spacial score (nSPS) is 13.1. The summed E-state index contributed by atoms with van der Waals surface area (Å²) >= 11 is 0. The third-order valence-electron chi connectivity index (χ3n) is 4.60. The van der Waals surface area contributed by atoms with Gasteiger partial charge in [-0.1, -0.05) is 0 Å². The van der Waals surface area contributed by atoms with Gasteiger partial charge in [0.2, 0.25) is 17.7 Å². The number of aliphatic carboxylic acids is 2. The SMILES string of the molecule is NC(N)=NCCCC(NC(=O)C(CCC(=O)O)NC(=O)C(N)Cc1cnc[nH]1)C(=O)NCC(=O)O. The van der Waals surface area contributed by atoms with E-state index < -0.39 is 60.8 Å². The summed E-state index contributed by atoms with van der Waals surface area (Å²) in [5, 5.41) is 24.8. The quantitative estimate of drug-likeness (QED) is 0.0610. The van der Waals surface area contributed by atoms with Gasteiger partial charge in [0.25, 0.3) is 0 Å². The van der Waals surface area contributed by atoms with E-state index in [0.717, 1.165) is 0 Å². The molecule has 16 nitrogen and oxygen atoms in total. The Morgan fingerprint density at radius 3 is 2.23 bits per heavy atom. The molecule has 0 saturated heterocycles. The second-order valence-electron chi connectivity index (χ2n) is 7.50. The third kappa shape index (κ3) is 12.0. The molecule has 0 aliphatic heterocycles. The van der Waals surface area contributed by atoms with Crippen LogP contribution in [0.15, 0.2) is 17.5 Å². The number of amides is 3. The van der Waals surface area contributed by atoms with Crippen LogP contribution in [0.25, 0.3) is 0 Å². The molecular weight excluding hydrogens is 466 g/mol. The smallest absolute Gasteiger partial charge is 0.322 e. The van der Waals surface area contributed by atoms with Gasteiger partial charge in [-0.3, -0.25) is 29.0 Å². The number of imidazole rings is 1. The predicted molar refractivity (Wildman–Crippen MR) is 122 cm³/mol. The largest absolute Gasteiger partial charge is 0.481 e. The lowest BCUT2D eigenvalue weighted by Crippen LogP contribution is -2.56. The molecule has 12 N–H and O–H groups in total. The third-order valence-corrected chi connectivity index (χ3v) is 4.60. The van der Waals surface area contributed by atoms with Crippen molar-refractivity contribution in [3.63, 3.8) is 0 Å². The topological polar surface area (TPSA) is 281 Å². The van der Waals surface area contributed by atoms with Crippen molar-refractivity contribution in [2.24, 2.45) is 22.2 Å². The highest BCUT2D eigenvalue weighted by Gasteiger charge is 2.28. The number of hydrogen-bond acceptors (Lipinski definition) is 8. The number of carboxylic acid groups (broad SMARTS) is 2. The van der Waals surface area contributed by atoms with Gasteiger partial charge in [0.05, 0.1) is 12.4 Å². The second-order valence-corrected chi connectivity index (χ2v) is 7.50. The van der Waals surface area contributed by atoms with Crippen molar-refractivity contribution in [2.75, 3.05) is 13.1 Å². The number of nitrogens with one attached hydrogen (secondary N) is 4. The number of aliphatic imine (C=N–C) groups is 1. The maximum absolute atomic E-state index is 12.9. The molecule has 194 valence electrons. The molecule has 0 fully saturated rings. The molecule has 0 bridgehead atoms. The Balaban J connectivity index is 2.90. The molecule has 1 aromatic rings. The van der Waals surface area contributed by atoms with Crippen molar-refractivity contribution in [3.8, 4) is 0 Å². The van der Waals surface area contributed by atoms with E-state index in [4.69, 9.17) is 27.4 Å². The highest BCUT2D eigenvalue weighted by Crippen LogP contribution is 2.05. The van der Waals surface area contributed by atoms with Gasteiger partial charge in [0.1, 0.15) is 18.6 Å². The van der Waals surface area contributed by atoms with Crippen LogP contribution in [-0.2, 0) is 30.4 Å². The van der Waals surface area contributed by atoms with Crippen LogP contribution in [0.1, 0.15) is 31.4 Å². The van der Waals surface area contributed by atoms with Gasteiger partial charge >= 0.3 is 11.9 Å². The minimum Gasteiger partial charge on any atom is -0.481 e. The standard InChI is InChI=1S/C19H31N9O7/c20-11(6-10-7-23-9-26-10)16(33)27-13(3-4-14(29)30)18(35)28-12(2-1-5-24-19(21)22)17(34)25-8-15(31)32/h7,9,11-13H,1-6,8,20H2,(H,23,26)(H,25,34)(H,27,33)(H,28,35)(H,29,30)(H,31,32)(H4,21,22,24). The summed E-state index contributed by atoms with van der Waals surface area (Å²) in [6.45, 7) is -0.538. The van der Waals surface area contributed by atoms with E-state index in [0.29, 0.717) is 5.69 Å². The van der Waals surface area contributed by atoms with Gasteiger partial charge < -0.3 is 48.3 Å². The van der Waals surface area contributed by atoms with Crippen molar-refractivity contribution in [2.45, 2.75) is 50.2 Å². The number of carboxylic acids is 2. The van der Waals surface area contributed by atoms with Crippen LogP contribution in [0.3, 0.4) is 0 Å².